The van der Waals surface area contributed by atoms with E-state index in [0.29, 0.717) is 19.3 Å². The number of hydrogen-bond acceptors (Lipinski definition) is 3. The fourth-order valence-electron chi connectivity index (χ4n) is 6.88. The summed E-state index contributed by atoms with van der Waals surface area (Å²) in [7, 11) is 0. The van der Waals surface area contributed by atoms with Crippen LogP contribution < -0.4 is 11.1 Å². The molecule has 0 aromatic heterocycles. The molecule has 5 heteroatoms. The Balaban J connectivity index is 2.49. The maximum absolute atomic E-state index is 13.7. The first-order valence-electron chi connectivity index (χ1n) is 19.3. The van der Waals surface area contributed by atoms with E-state index in [1.807, 2.05) is 6.92 Å². The molecule has 254 valence electrons. The van der Waals surface area contributed by atoms with Gasteiger partial charge in [-0.05, 0) is 39.0 Å². The fourth-order valence-corrected chi connectivity index (χ4v) is 6.88. The number of nitrogens with two attached hydrogens (primary N) is 1. The van der Waals surface area contributed by atoms with E-state index in [4.69, 9.17) is 5.73 Å². The number of carbonyl (C=O) groups is 2. The standard InChI is InChI=1S/C38H75N3O2/c1-5-8-11-13-15-17-19-21-23-25-27-30-33-38(39,34-31-28-26-24-22-20-18-16-14-12-9-6-2)41-35(42)37(4,40-36(41)43)32-29-10-7-3/h5-34,39H2,1-4H3,(H,40,43). The van der Waals surface area contributed by atoms with Crippen molar-refractivity contribution in [2.45, 2.75) is 232 Å². The number of urea groups is 1. The van der Waals surface area contributed by atoms with Gasteiger partial charge in [-0.3, -0.25) is 4.79 Å². The molecule has 1 rings (SSSR count). The van der Waals surface area contributed by atoms with Crippen LogP contribution in [0.1, 0.15) is 220 Å². The van der Waals surface area contributed by atoms with E-state index in [0.717, 1.165) is 44.9 Å². The first-order chi connectivity index (χ1) is 20.8. The van der Waals surface area contributed by atoms with Crippen LogP contribution in [0.15, 0.2) is 0 Å². The molecule has 1 unspecified atom stereocenters. The highest BCUT2D eigenvalue weighted by atomic mass is 16.2. The molecule has 5 nitrogen and oxygen atoms in total. The second-order valence-corrected chi connectivity index (χ2v) is 14.2. The van der Waals surface area contributed by atoms with Crippen molar-refractivity contribution in [3.8, 4) is 0 Å². The summed E-state index contributed by atoms with van der Waals surface area (Å²) in [6.45, 7) is 8.61. The maximum atomic E-state index is 13.7. The molecule has 0 radical (unpaired) electrons. The first-order valence-corrected chi connectivity index (χ1v) is 19.3. The summed E-state index contributed by atoms with van der Waals surface area (Å²) >= 11 is 0. The second-order valence-electron chi connectivity index (χ2n) is 14.2. The summed E-state index contributed by atoms with van der Waals surface area (Å²) in [6, 6.07) is -0.274. The molecular weight excluding hydrogens is 530 g/mol. The van der Waals surface area contributed by atoms with Crippen LogP contribution >= 0.6 is 0 Å². The van der Waals surface area contributed by atoms with Crippen LogP contribution in [0.3, 0.4) is 0 Å². The van der Waals surface area contributed by atoms with Crippen molar-refractivity contribution < 1.29 is 9.59 Å². The van der Waals surface area contributed by atoms with Crippen LogP contribution in [0.2, 0.25) is 0 Å². The summed E-state index contributed by atoms with van der Waals surface area (Å²) < 4.78 is 0. The van der Waals surface area contributed by atoms with Crippen molar-refractivity contribution >= 4 is 11.9 Å². The zero-order chi connectivity index (χ0) is 31.7. The number of nitrogens with zero attached hydrogens (tertiary/aromatic N) is 1. The Labute approximate surface area is 268 Å². The van der Waals surface area contributed by atoms with Crippen LogP contribution in [-0.4, -0.2) is 28.0 Å². The van der Waals surface area contributed by atoms with Gasteiger partial charge < -0.3 is 11.1 Å². The SMILES string of the molecule is CCCCCCCCCCCCCCC(N)(CCCCCCCCCCCCCC)N1C(=O)NC(C)(CCCCC)C1=O. The highest BCUT2D eigenvalue weighted by Gasteiger charge is 2.53. The summed E-state index contributed by atoms with van der Waals surface area (Å²) in [5.74, 6) is -0.103. The van der Waals surface area contributed by atoms with Crippen molar-refractivity contribution in [2.75, 3.05) is 0 Å². The minimum absolute atomic E-state index is 0.103. The van der Waals surface area contributed by atoms with Gasteiger partial charge in [-0.2, -0.15) is 0 Å². The van der Waals surface area contributed by atoms with Gasteiger partial charge >= 0.3 is 6.03 Å². The van der Waals surface area contributed by atoms with Crippen molar-refractivity contribution in [1.82, 2.24) is 10.2 Å². The molecule has 3 N–H and O–H groups in total. The summed E-state index contributed by atoms with van der Waals surface area (Å²) in [6.07, 6.45) is 36.3. The highest BCUT2D eigenvalue weighted by molar-refractivity contribution is 6.07. The molecule has 0 aromatic rings. The third-order valence-electron chi connectivity index (χ3n) is 9.91. The van der Waals surface area contributed by atoms with Crippen LogP contribution in [0.4, 0.5) is 4.79 Å². The summed E-state index contributed by atoms with van der Waals surface area (Å²) in [5, 5.41) is 3.04. The quantitative estimate of drug-likeness (QED) is 0.0609. The van der Waals surface area contributed by atoms with E-state index >= 15 is 0 Å². The van der Waals surface area contributed by atoms with Crippen molar-refractivity contribution in [2.24, 2.45) is 5.73 Å². The normalized spacial score (nSPS) is 17.3. The van der Waals surface area contributed by atoms with Gasteiger partial charge in [-0.1, -0.05) is 181 Å². The Morgan fingerprint density at radius 2 is 0.837 bits per heavy atom. The molecule has 1 atom stereocenters. The molecule has 1 saturated heterocycles. The first kappa shape index (κ1) is 39.9. The molecule has 0 bridgehead atoms. The minimum atomic E-state index is -0.874. The average molecular weight is 606 g/mol. The molecular formula is C38H75N3O2. The van der Waals surface area contributed by atoms with Gasteiger partial charge in [0.05, 0.1) is 0 Å². The lowest BCUT2D eigenvalue weighted by molar-refractivity contribution is -0.135. The Hall–Kier alpha value is -1.10. The second kappa shape index (κ2) is 25.1. The summed E-state index contributed by atoms with van der Waals surface area (Å²) in [5.41, 5.74) is 5.38. The highest BCUT2D eigenvalue weighted by Crippen LogP contribution is 2.33. The largest absolute Gasteiger partial charge is 0.326 e. The Kier molecular flexibility index (Phi) is 23.3. The number of amides is 3. The van der Waals surface area contributed by atoms with Crippen LogP contribution in [0, 0.1) is 0 Å². The Morgan fingerprint density at radius 1 is 0.535 bits per heavy atom. The molecule has 1 fully saturated rings. The van der Waals surface area contributed by atoms with Crippen LogP contribution in [-0.2, 0) is 4.79 Å². The lowest BCUT2D eigenvalue weighted by Gasteiger charge is -2.37. The van der Waals surface area contributed by atoms with Gasteiger partial charge in [-0.15, -0.1) is 0 Å². The molecule has 0 saturated carbocycles. The number of hydrogen-bond donors (Lipinski definition) is 2. The van der Waals surface area contributed by atoms with E-state index in [-0.39, 0.29) is 11.9 Å². The zero-order valence-electron chi connectivity index (χ0n) is 29.6. The van der Waals surface area contributed by atoms with Crippen molar-refractivity contribution in [3.63, 3.8) is 0 Å². The molecule has 1 heterocycles. The van der Waals surface area contributed by atoms with Crippen LogP contribution in [0.25, 0.3) is 0 Å². The predicted molar refractivity (Wildman–Crippen MR) is 186 cm³/mol. The third-order valence-corrected chi connectivity index (χ3v) is 9.91. The number of carbonyl (C=O) groups excluding carboxylic acids is 2. The predicted octanol–water partition coefficient (Wildman–Crippen LogP) is 11.7. The average Bonchev–Trinajstić information content (AvgIpc) is 3.22. The van der Waals surface area contributed by atoms with Gasteiger partial charge in [-0.25, -0.2) is 9.69 Å². The lowest BCUT2D eigenvalue weighted by Crippen LogP contribution is -2.59. The molecule has 3 amide bonds. The van der Waals surface area contributed by atoms with Gasteiger partial charge in [0.25, 0.3) is 5.91 Å². The molecule has 0 aromatic carbocycles. The zero-order valence-corrected chi connectivity index (χ0v) is 29.6. The number of imide groups is 1. The summed E-state index contributed by atoms with van der Waals surface area (Å²) in [4.78, 5) is 28.4. The van der Waals surface area contributed by atoms with Crippen molar-refractivity contribution in [3.05, 3.63) is 0 Å². The van der Waals surface area contributed by atoms with E-state index in [9.17, 15) is 9.59 Å². The minimum Gasteiger partial charge on any atom is -0.323 e. The Bertz CT molecular complexity index is 669. The molecule has 1 aliphatic heterocycles. The van der Waals surface area contributed by atoms with Crippen LogP contribution in [0.5, 0.6) is 0 Å². The molecule has 0 spiro atoms. The van der Waals surface area contributed by atoms with Gasteiger partial charge in [0.15, 0.2) is 0 Å². The molecule has 43 heavy (non-hydrogen) atoms. The monoisotopic (exact) mass is 606 g/mol. The van der Waals surface area contributed by atoms with Gasteiger partial charge in [0, 0.05) is 0 Å². The van der Waals surface area contributed by atoms with Gasteiger partial charge in [0.1, 0.15) is 11.2 Å². The van der Waals surface area contributed by atoms with Gasteiger partial charge in [0.2, 0.25) is 0 Å². The van der Waals surface area contributed by atoms with E-state index in [1.165, 1.54) is 133 Å². The van der Waals surface area contributed by atoms with Crippen molar-refractivity contribution in [1.29, 1.82) is 0 Å². The molecule has 1 aliphatic rings. The van der Waals surface area contributed by atoms with E-state index in [1.54, 1.807) is 0 Å². The lowest BCUT2D eigenvalue weighted by atomic mass is 9.90. The fraction of sp³-hybridized carbons (Fsp3) is 0.947. The number of unbranched alkanes of at least 4 members (excludes halogenated alkanes) is 24. The number of rotatable bonds is 31. The number of nitrogens with one attached hydrogen (secondary N) is 1. The smallest absolute Gasteiger partial charge is 0.323 e. The topological polar surface area (TPSA) is 75.4 Å². The maximum Gasteiger partial charge on any atom is 0.326 e. The Morgan fingerprint density at radius 3 is 1.19 bits per heavy atom. The molecule has 0 aliphatic carbocycles. The van der Waals surface area contributed by atoms with E-state index in [2.05, 4.69) is 26.1 Å². The third kappa shape index (κ3) is 17.2. The van der Waals surface area contributed by atoms with E-state index < -0.39 is 11.2 Å².